The first-order valence-electron chi connectivity index (χ1n) is 9.20. The molecule has 1 fully saturated rings. The maximum atomic E-state index is 12.0. The Morgan fingerprint density at radius 1 is 1.11 bits per heavy atom. The van der Waals surface area contributed by atoms with Crippen molar-refractivity contribution in [3.05, 3.63) is 81.8 Å². The summed E-state index contributed by atoms with van der Waals surface area (Å²) in [6, 6.07) is 18.5. The molecule has 4 rings (SSSR count). The van der Waals surface area contributed by atoms with E-state index in [2.05, 4.69) is 53.5 Å². The Kier molecular flexibility index (Phi) is 4.54. The average molecular weight is 361 g/mol. The first-order valence-corrected chi connectivity index (χ1v) is 9.20. The Labute approximate surface area is 158 Å². The number of anilines is 1. The van der Waals surface area contributed by atoms with Gasteiger partial charge in [-0.2, -0.15) is 0 Å². The highest BCUT2D eigenvalue weighted by Crippen LogP contribution is 2.54. The van der Waals surface area contributed by atoms with Crippen molar-refractivity contribution < 1.29 is 5.11 Å². The van der Waals surface area contributed by atoms with Gasteiger partial charge in [0.05, 0.1) is 5.69 Å². The number of nitrogens with zero attached hydrogens (tertiary/aromatic N) is 2. The van der Waals surface area contributed by atoms with Gasteiger partial charge in [0.2, 0.25) is 5.95 Å². The van der Waals surface area contributed by atoms with Gasteiger partial charge in [-0.3, -0.25) is 9.36 Å². The Bertz CT molecular complexity index is 1020. The minimum atomic E-state index is -0.111. The largest absolute Gasteiger partial charge is 0.396 e. The summed E-state index contributed by atoms with van der Waals surface area (Å²) in [6.07, 6.45) is 1.66. The second-order valence-corrected chi connectivity index (χ2v) is 7.18. The van der Waals surface area contributed by atoms with Crippen molar-refractivity contribution in [1.82, 2.24) is 9.55 Å². The molecule has 0 amide bonds. The highest BCUT2D eigenvalue weighted by atomic mass is 16.2. The van der Waals surface area contributed by atoms with Crippen molar-refractivity contribution in [3.8, 4) is 11.1 Å². The van der Waals surface area contributed by atoms with Crippen molar-refractivity contribution in [2.24, 2.45) is 7.05 Å². The Hall–Kier alpha value is -2.92. The van der Waals surface area contributed by atoms with Crippen LogP contribution in [0.1, 0.15) is 35.1 Å². The van der Waals surface area contributed by atoms with E-state index in [1.807, 2.05) is 0 Å². The van der Waals surface area contributed by atoms with Crippen molar-refractivity contribution in [3.63, 3.8) is 0 Å². The molecule has 0 spiro atoms. The number of benzene rings is 2. The summed E-state index contributed by atoms with van der Waals surface area (Å²) >= 11 is 0. The number of nitrogens with two attached hydrogens (primary N) is 1. The molecule has 5 heteroatoms. The predicted octanol–water partition coefficient (Wildman–Crippen LogP) is 2.84. The monoisotopic (exact) mass is 361 g/mol. The number of rotatable bonds is 5. The zero-order chi connectivity index (χ0) is 19.0. The maximum Gasteiger partial charge on any atom is 0.254 e. The first-order chi connectivity index (χ1) is 13.1. The molecule has 3 aromatic rings. The smallest absolute Gasteiger partial charge is 0.254 e. The summed E-state index contributed by atoms with van der Waals surface area (Å²) in [5.41, 5.74) is 11.2. The minimum absolute atomic E-state index is 0.111. The summed E-state index contributed by atoms with van der Waals surface area (Å²) in [5.74, 6) is 0.890. The summed E-state index contributed by atoms with van der Waals surface area (Å²) in [5, 5.41) is 9.04. The summed E-state index contributed by atoms with van der Waals surface area (Å²) in [7, 11) is 1.63. The van der Waals surface area contributed by atoms with Crippen LogP contribution in [0.5, 0.6) is 0 Å². The quantitative estimate of drug-likeness (QED) is 0.732. The second kappa shape index (κ2) is 7.00. The van der Waals surface area contributed by atoms with E-state index in [-0.39, 0.29) is 24.0 Å². The topological polar surface area (TPSA) is 81.1 Å². The molecule has 1 saturated carbocycles. The Balaban J connectivity index is 1.56. The van der Waals surface area contributed by atoms with Crippen LogP contribution in [0.4, 0.5) is 5.95 Å². The molecule has 2 aromatic carbocycles. The summed E-state index contributed by atoms with van der Waals surface area (Å²) < 4.78 is 1.36. The molecule has 0 radical (unpaired) electrons. The van der Waals surface area contributed by atoms with Gasteiger partial charge >= 0.3 is 0 Å². The highest BCUT2D eigenvalue weighted by molar-refractivity contribution is 5.65. The van der Waals surface area contributed by atoms with Gasteiger partial charge < -0.3 is 10.8 Å². The van der Waals surface area contributed by atoms with E-state index in [0.29, 0.717) is 12.3 Å². The lowest BCUT2D eigenvalue weighted by Gasteiger charge is -2.08. The molecule has 0 aliphatic heterocycles. The third-order valence-electron chi connectivity index (χ3n) is 5.36. The van der Waals surface area contributed by atoms with Crippen LogP contribution in [0, 0.1) is 0 Å². The SMILES string of the molecule is Cn1c(N)nc(C2CC2c2cccc(-c3ccc(CCO)cc3)c2)cc1=O. The van der Waals surface area contributed by atoms with Gasteiger partial charge in [-0.15, -0.1) is 0 Å². The van der Waals surface area contributed by atoms with E-state index in [4.69, 9.17) is 10.8 Å². The van der Waals surface area contributed by atoms with E-state index < -0.39 is 0 Å². The van der Waals surface area contributed by atoms with E-state index in [0.717, 1.165) is 23.2 Å². The predicted molar refractivity (Wildman–Crippen MR) is 107 cm³/mol. The van der Waals surface area contributed by atoms with Crippen molar-refractivity contribution in [1.29, 1.82) is 0 Å². The Morgan fingerprint density at radius 3 is 2.59 bits per heavy atom. The fourth-order valence-corrected chi connectivity index (χ4v) is 3.60. The Morgan fingerprint density at radius 2 is 1.89 bits per heavy atom. The van der Waals surface area contributed by atoms with Crippen LogP contribution in [-0.2, 0) is 13.5 Å². The molecular formula is C22H23N3O2. The molecule has 1 aliphatic carbocycles. The number of aliphatic hydroxyl groups excluding tert-OH is 1. The van der Waals surface area contributed by atoms with Crippen LogP contribution < -0.4 is 11.3 Å². The number of hydrogen-bond donors (Lipinski definition) is 2. The van der Waals surface area contributed by atoms with Gasteiger partial charge in [-0.25, -0.2) is 4.98 Å². The molecule has 1 aliphatic rings. The molecule has 1 aromatic heterocycles. The van der Waals surface area contributed by atoms with Crippen molar-refractivity contribution >= 4 is 5.95 Å². The lowest BCUT2D eigenvalue weighted by atomic mass is 9.99. The lowest BCUT2D eigenvalue weighted by molar-refractivity contribution is 0.299. The van der Waals surface area contributed by atoms with Crippen molar-refractivity contribution in [2.45, 2.75) is 24.7 Å². The first kappa shape index (κ1) is 17.5. The van der Waals surface area contributed by atoms with Gasteiger partial charge in [0, 0.05) is 25.6 Å². The fourth-order valence-electron chi connectivity index (χ4n) is 3.60. The minimum Gasteiger partial charge on any atom is -0.396 e. The van der Waals surface area contributed by atoms with Gasteiger partial charge in [0.25, 0.3) is 5.56 Å². The number of hydrogen-bond acceptors (Lipinski definition) is 4. The molecular weight excluding hydrogens is 338 g/mol. The lowest BCUT2D eigenvalue weighted by Crippen LogP contribution is -2.21. The molecule has 2 unspecified atom stereocenters. The van der Waals surface area contributed by atoms with Gasteiger partial charge in [0.1, 0.15) is 0 Å². The zero-order valence-corrected chi connectivity index (χ0v) is 15.3. The van der Waals surface area contributed by atoms with Crippen LogP contribution in [0.15, 0.2) is 59.4 Å². The van der Waals surface area contributed by atoms with Gasteiger partial charge in [-0.05, 0) is 41.0 Å². The molecule has 27 heavy (non-hydrogen) atoms. The van der Waals surface area contributed by atoms with Crippen LogP contribution in [0.2, 0.25) is 0 Å². The molecule has 2 atom stereocenters. The van der Waals surface area contributed by atoms with Gasteiger partial charge in [0.15, 0.2) is 0 Å². The number of nitrogen functional groups attached to an aromatic ring is 1. The average Bonchev–Trinajstić information content (AvgIpc) is 3.48. The maximum absolute atomic E-state index is 12.0. The van der Waals surface area contributed by atoms with Gasteiger partial charge in [-0.1, -0.05) is 48.5 Å². The molecule has 0 saturated heterocycles. The number of aliphatic hydroxyl groups is 1. The molecule has 3 N–H and O–H groups in total. The standard InChI is InChI=1S/C22H23N3O2/c1-25-21(27)13-20(24-22(25)23)19-12-18(19)17-4-2-3-16(11-17)15-7-5-14(6-8-15)9-10-26/h2-8,11,13,18-19,26H,9-10,12H2,1H3,(H2,23,24). The van der Waals surface area contributed by atoms with E-state index in [9.17, 15) is 4.79 Å². The normalized spacial score (nSPS) is 18.4. The highest BCUT2D eigenvalue weighted by Gasteiger charge is 2.41. The number of aromatic nitrogens is 2. The molecule has 0 bridgehead atoms. The zero-order valence-electron chi connectivity index (χ0n) is 15.3. The summed E-state index contributed by atoms with van der Waals surface area (Å²) in [4.78, 5) is 16.4. The summed E-state index contributed by atoms with van der Waals surface area (Å²) in [6.45, 7) is 0.166. The molecule has 5 nitrogen and oxygen atoms in total. The van der Waals surface area contributed by atoms with Crippen LogP contribution >= 0.6 is 0 Å². The molecule has 1 heterocycles. The molecule has 138 valence electrons. The third kappa shape index (κ3) is 3.51. The van der Waals surface area contributed by atoms with Crippen LogP contribution in [0.3, 0.4) is 0 Å². The van der Waals surface area contributed by atoms with Crippen LogP contribution in [0.25, 0.3) is 11.1 Å². The van der Waals surface area contributed by atoms with Crippen LogP contribution in [-0.4, -0.2) is 21.3 Å². The van der Waals surface area contributed by atoms with E-state index in [1.165, 1.54) is 15.7 Å². The van der Waals surface area contributed by atoms with E-state index in [1.54, 1.807) is 13.1 Å². The van der Waals surface area contributed by atoms with Crippen molar-refractivity contribution in [2.75, 3.05) is 12.3 Å². The second-order valence-electron chi connectivity index (χ2n) is 7.18. The third-order valence-corrected chi connectivity index (χ3v) is 5.36. The fraction of sp³-hybridized carbons (Fsp3) is 0.273. The van der Waals surface area contributed by atoms with E-state index >= 15 is 0 Å².